The monoisotopic (exact) mass is 264 g/mol. The van der Waals surface area contributed by atoms with Crippen molar-refractivity contribution in [2.24, 2.45) is 0 Å². The number of amides is 1. The first-order valence-electron chi connectivity index (χ1n) is 6.32. The molecule has 7 nitrogen and oxygen atoms in total. The topological polar surface area (TPSA) is 102 Å². The van der Waals surface area contributed by atoms with Crippen LogP contribution in [0.25, 0.3) is 0 Å². The summed E-state index contributed by atoms with van der Waals surface area (Å²) >= 11 is 0. The maximum Gasteiger partial charge on any atom is 0.239 e. The van der Waals surface area contributed by atoms with Crippen LogP contribution in [0, 0.1) is 0 Å². The van der Waals surface area contributed by atoms with Gasteiger partial charge in [0.25, 0.3) is 0 Å². The van der Waals surface area contributed by atoms with Crippen molar-refractivity contribution in [2.45, 2.75) is 18.3 Å². The second-order valence-corrected chi connectivity index (χ2v) is 4.84. The molecule has 0 bridgehead atoms. The number of rotatable bonds is 2. The number of hydrogen-bond donors (Lipinski definition) is 2. The van der Waals surface area contributed by atoms with E-state index in [0.29, 0.717) is 31.9 Å². The average molecular weight is 264 g/mol. The van der Waals surface area contributed by atoms with Crippen LogP contribution in [-0.2, 0) is 14.9 Å². The number of nitrogen functional groups attached to an aromatic ring is 1. The Bertz CT molecular complexity index is 514. The van der Waals surface area contributed by atoms with Gasteiger partial charge in [-0.2, -0.15) is 4.98 Å². The van der Waals surface area contributed by atoms with E-state index in [2.05, 4.69) is 9.97 Å². The van der Waals surface area contributed by atoms with Gasteiger partial charge in [0.2, 0.25) is 11.9 Å². The highest BCUT2D eigenvalue weighted by Crippen LogP contribution is 2.46. The number of carbonyl (C=O) groups is 1. The first kappa shape index (κ1) is 12.3. The lowest BCUT2D eigenvalue weighted by molar-refractivity contribution is -0.126. The second-order valence-electron chi connectivity index (χ2n) is 4.84. The minimum Gasteiger partial charge on any atom is -0.395 e. The van der Waals surface area contributed by atoms with E-state index in [1.54, 1.807) is 6.20 Å². The van der Waals surface area contributed by atoms with Gasteiger partial charge in [-0.1, -0.05) is 0 Å². The molecule has 3 heterocycles. The summed E-state index contributed by atoms with van der Waals surface area (Å²) in [5.41, 5.74) is 5.81. The Kier molecular flexibility index (Phi) is 2.87. The van der Waals surface area contributed by atoms with Crippen molar-refractivity contribution in [2.75, 3.05) is 37.0 Å². The number of β-amino-alcohol motifs (C(OH)–C–C–N with tert-alkyl or cyclic N) is 1. The predicted octanol–water partition coefficient (Wildman–Crippen LogP) is -0.554. The van der Waals surface area contributed by atoms with E-state index < -0.39 is 5.41 Å². The van der Waals surface area contributed by atoms with Gasteiger partial charge >= 0.3 is 0 Å². The molecular weight excluding hydrogens is 248 g/mol. The molecule has 0 saturated carbocycles. The van der Waals surface area contributed by atoms with Crippen LogP contribution in [0.1, 0.15) is 18.4 Å². The molecular formula is C12H16N4O3. The number of nitrogens with zero attached hydrogens (tertiary/aromatic N) is 3. The fourth-order valence-electron chi connectivity index (χ4n) is 2.91. The van der Waals surface area contributed by atoms with Crippen LogP contribution >= 0.6 is 0 Å². The Hall–Kier alpha value is -1.73. The Balaban J connectivity index is 2.11. The van der Waals surface area contributed by atoms with Crippen molar-refractivity contribution >= 4 is 17.7 Å². The van der Waals surface area contributed by atoms with Gasteiger partial charge in [0.05, 0.1) is 18.6 Å². The minimum absolute atomic E-state index is 0.0280. The number of carbonyl (C=O) groups excluding carboxylic acids is 1. The molecule has 1 saturated heterocycles. The van der Waals surface area contributed by atoms with E-state index in [-0.39, 0.29) is 25.0 Å². The van der Waals surface area contributed by atoms with E-state index in [1.807, 2.05) is 0 Å². The molecule has 2 aliphatic rings. The van der Waals surface area contributed by atoms with E-state index in [9.17, 15) is 4.79 Å². The Labute approximate surface area is 110 Å². The number of nitrogens with two attached hydrogens (primary N) is 1. The quantitative estimate of drug-likeness (QED) is 0.743. The second kappa shape index (κ2) is 4.43. The smallest absolute Gasteiger partial charge is 0.239 e. The van der Waals surface area contributed by atoms with Gasteiger partial charge in [-0.15, -0.1) is 0 Å². The standard InChI is InChI=1S/C12H16N4O3/c13-11-14-7-8-9(15-11)16(3-4-17)10(18)12(8)1-5-19-6-2-12/h7,17H,1-6H2,(H2,13,14,15). The summed E-state index contributed by atoms with van der Waals surface area (Å²) in [5, 5.41) is 9.13. The molecule has 0 radical (unpaired) electrons. The largest absolute Gasteiger partial charge is 0.395 e. The SMILES string of the molecule is Nc1ncc2c(n1)N(CCO)C(=O)C21CCOCC1. The summed E-state index contributed by atoms with van der Waals surface area (Å²) in [6.07, 6.45) is 2.88. The molecule has 0 atom stereocenters. The van der Waals surface area contributed by atoms with Crippen molar-refractivity contribution in [3.63, 3.8) is 0 Å². The first-order valence-corrected chi connectivity index (χ1v) is 6.32. The first-order chi connectivity index (χ1) is 9.19. The third-order valence-corrected chi connectivity index (χ3v) is 3.88. The van der Waals surface area contributed by atoms with Crippen molar-refractivity contribution in [3.8, 4) is 0 Å². The molecule has 0 aromatic carbocycles. The van der Waals surface area contributed by atoms with Crippen molar-refractivity contribution in [3.05, 3.63) is 11.8 Å². The highest BCUT2D eigenvalue weighted by atomic mass is 16.5. The van der Waals surface area contributed by atoms with Crippen LogP contribution in [-0.4, -0.2) is 47.3 Å². The highest BCUT2D eigenvalue weighted by Gasteiger charge is 2.52. The number of aliphatic hydroxyl groups excluding tert-OH is 1. The molecule has 1 aromatic rings. The summed E-state index contributed by atoms with van der Waals surface area (Å²) in [6.45, 7) is 1.21. The number of aliphatic hydroxyl groups is 1. The van der Waals surface area contributed by atoms with Crippen molar-refractivity contribution < 1.29 is 14.6 Å². The third-order valence-electron chi connectivity index (χ3n) is 3.88. The van der Waals surface area contributed by atoms with Gasteiger partial charge in [-0.25, -0.2) is 4.98 Å². The zero-order chi connectivity index (χ0) is 13.5. The molecule has 1 spiro atoms. The van der Waals surface area contributed by atoms with Crippen LogP contribution in [0.2, 0.25) is 0 Å². The van der Waals surface area contributed by atoms with E-state index in [4.69, 9.17) is 15.6 Å². The molecule has 2 aliphatic heterocycles. The molecule has 19 heavy (non-hydrogen) atoms. The van der Waals surface area contributed by atoms with Crippen LogP contribution in [0.3, 0.4) is 0 Å². The van der Waals surface area contributed by atoms with E-state index >= 15 is 0 Å². The van der Waals surface area contributed by atoms with Crippen LogP contribution in [0.5, 0.6) is 0 Å². The summed E-state index contributed by atoms with van der Waals surface area (Å²) in [7, 11) is 0. The maximum atomic E-state index is 12.7. The molecule has 102 valence electrons. The molecule has 0 unspecified atom stereocenters. The van der Waals surface area contributed by atoms with Gasteiger partial charge < -0.3 is 15.6 Å². The molecule has 1 aromatic heterocycles. The molecule has 1 fully saturated rings. The number of fused-ring (bicyclic) bond motifs is 2. The van der Waals surface area contributed by atoms with Crippen LogP contribution < -0.4 is 10.6 Å². The summed E-state index contributed by atoms with van der Waals surface area (Å²) in [5.74, 6) is 0.645. The lowest BCUT2D eigenvalue weighted by atomic mass is 9.76. The van der Waals surface area contributed by atoms with Gasteiger partial charge in [-0.3, -0.25) is 9.69 Å². The average Bonchev–Trinajstić information content (AvgIpc) is 2.63. The van der Waals surface area contributed by atoms with Gasteiger partial charge in [0.1, 0.15) is 5.82 Å². The Morgan fingerprint density at radius 3 is 2.89 bits per heavy atom. The van der Waals surface area contributed by atoms with Crippen LogP contribution in [0.4, 0.5) is 11.8 Å². The van der Waals surface area contributed by atoms with Crippen LogP contribution in [0.15, 0.2) is 6.20 Å². The minimum atomic E-state index is -0.601. The Morgan fingerprint density at radius 2 is 2.21 bits per heavy atom. The summed E-state index contributed by atoms with van der Waals surface area (Å²) < 4.78 is 5.35. The lowest BCUT2D eigenvalue weighted by Gasteiger charge is -2.31. The molecule has 3 N–H and O–H groups in total. The van der Waals surface area contributed by atoms with E-state index in [1.165, 1.54) is 4.90 Å². The predicted molar refractivity (Wildman–Crippen MR) is 67.6 cm³/mol. The maximum absolute atomic E-state index is 12.7. The molecule has 7 heteroatoms. The fourth-order valence-corrected chi connectivity index (χ4v) is 2.91. The fraction of sp³-hybridized carbons (Fsp3) is 0.583. The zero-order valence-corrected chi connectivity index (χ0v) is 10.5. The number of anilines is 2. The molecule has 0 aliphatic carbocycles. The third kappa shape index (κ3) is 1.69. The highest BCUT2D eigenvalue weighted by molar-refractivity contribution is 6.07. The summed E-state index contributed by atoms with van der Waals surface area (Å²) in [4.78, 5) is 22.4. The zero-order valence-electron chi connectivity index (χ0n) is 10.5. The summed E-state index contributed by atoms with van der Waals surface area (Å²) in [6, 6.07) is 0. The van der Waals surface area contributed by atoms with Gasteiger partial charge in [0.15, 0.2) is 0 Å². The number of hydrogen-bond acceptors (Lipinski definition) is 6. The van der Waals surface area contributed by atoms with Gasteiger partial charge in [0, 0.05) is 25.0 Å². The Morgan fingerprint density at radius 1 is 1.47 bits per heavy atom. The van der Waals surface area contributed by atoms with E-state index in [0.717, 1.165) is 5.56 Å². The van der Waals surface area contributed by atoms with Crippen molar-refractivity contribution in [1.29, 1.82) is 0 Å². The van der Waals surface area contributed by atoms with Crippen molar-refractivity contribution in [1.82, 2.24) is 9.97 Å². The number of aromatic nitrogens is 2. The normalized spacial score (nSPS) is 20.9. The van der Waals surface area contributed by atoms with Gasteiger partial charge in [-0.05, 0) is 12.8 Å². The molecule has 3 rings (SSSR count). The lowest BCUT2D eigenvalue weighted by Crippen LogP contribution is -2.45. The molecule has 1 amide bonds. The number of ether oxygens (including phenoxy) is 1.